The van der Waals surface area contributed by atoms with Gasteiger partial charge in [0, 0.05) is 19.9 Å². The topological polar surface area (TPSA) is 90.0 Å². The Morgan fingerprint density at radius 2 is 1.83 bits per heavy atom. The van der Waals surface area contributed by atoms with Gasteiger partial charge in [-0.05, 0) is 19.1 Å². The lowest BCUT2D eigenvalue weighted by molar-refractivity contribution is -0.150. The van der Waals surface area contributed by atoms with Gasteiger partial charge in [-0.15, -0.1) is 0 Å². The van der Waals surface area contributed by atoms with Gasteiger partial charge in [-0.3, -0.25) is 8.98 Å². The summed E-state index contributed by atoms with van der Waals surface area (Å²) in [4.78, 5) is 24.6. The van der Waals surface area contributed by atoms with Crippen LogP contribution in [0.2, 0.25) is 0 Å². The number of hydrogen-bond donors (Lipinski definition) is 0. The van der Waals surface area contributed by atoms with Gasteiger partial charge in [0.05, 0.1) is 18.1 Å². The molecule has 0 saturated carbocycles. The molecule has 23 heavy (non-hydrogen) atoms. The normalized spacial score (nSPS) is 21.3. The molecule has 0 unspecified atom stereocenters. The van der Waals surface area contributed by atoms with Crippen LogP contribution in [0.25, 0.3) is 0 Å². The van der Waals surface area contributed by atoms with Crippen LogP contribution in [0, 0.1) is 6.92 Å². The van der Waals surface area contributed by atoms with Gasteiger partial charge < -0.3 is 9.64 Å². The van der Waals surface area contributed by atoms with Crippen LogP contribution < -0.4 is 0 Å². The number of carbonyl (C=O) groups is 2. The van der Waals surface area contributed by atoms with E-state index in [1.165, 1.54) is 31.1 Å². The Morgan fingerprint density at radius 3 is 2.35 bits per heavy atom. The van der Waals surface area contributed by atoms with Gasteiger partial charge in [0.2, 0.25) is 5.91 Å². The molecule has 1 fully saturated rings. The van der Waals surface area contributed by atoms with Gasteiger partial charge in [0.1, 0.15) is 6.04 Å². The number of benzene rings is 1. The van der Waals surface area contributed by atoms with Crippen molar-refractivity contribution in [1.29, 1.82) is 0 Å². The highest BCUT2D eigenvalue weighted by Crippen LogP contribution is 2.25. The van der Waals surface area contributed by atoms with Crippen LogP contribution in [0.4, 0.5) is 0 Å². The third-order valence-electron chi connectivity index (χ3n) is 3.71. The second-order valence-electron chi connectivity index (χ2n) is 5.43. The first kappa shape index (κ1) is 17.4. The molecule has 0 spiro atoms. The highest BCUT2D eigenvalue weighted by atomic mass is 32.2. The summed E-state index contributed by atoms with van der Waals surface area (Å²) in [6, 6.07) is 5.43. The summed E-state index contributed by atoms with van der Waals surface area (Å²) in [5.41, 5.74) is 0.929. The van der Waals surface area contributed by atoms with E-state index in [1.807, 2.05) is 6.92 Å². The van der Waals surface area contributed by atoms with Crippen LogP contribution in [0.5, 0.6) is 0 Å². The third-order valence-corrected chi connectivity index (χ3v) is 5.09. The summed E-state index contributed by atoms with van der Waals surface area (Å²) < 4.78 is 34.4. The summed E-state index contributed by atoms with van der Waals surface area (Å²) in [5, 5.41) is 0. The quantitative estimate of drug-likeness (QED) is 0.596. The minimum atomic E-state index is -3.96. The lowest BCUT2D eigenvalue weighted by Crippen LogP contribution is -2.39. The van der Waals surface area contributed by atoms with E-state index < -0.39 is 28.2 Å². The number of esters is 1. The molecule has 0 N–H and O–H groups in total. The molecule has 1 aromatic carbocycles. The summed E-state index contributed by atoms with van der Waals surface area (Å²) in [5.74, 6) is -0.918. The van der Waals surface area contributed by atoms with Gasteiger partial charge in [-0.1, -0.05) is 17.7 Å². The Hall–Kier alpha value is -1.93. The van der Waals surface area contributed by atoms with Crippen molar-refractivity contribution in [2.75, 3.05) is 13.7 Å². The lowest BCUT2D eigenvalue weighted by Gasteiger charge is -2.20. The lowest BCUT2D eigenvalue weighted by atomic mass is 10.2. The molecular weight excluding hydrogens is 322 g/mol. The highest BCUT2D eigenvalue weighted by molar-refractivity contribution is 7.86. The maximum atomic E-state index is 12.3. The van der Waals surface area contributed by atoms with Gasteiger partial charge >= 0.3 is 5.97 Å². The smallest absolute Gasteiger partial charge is 0.328 e. The zero-order chi connectivity index (χ0) is 17.2. The zero-order valence-corrected chi connectivity index (χ0v) is 14.0. The SMILES string of the molecule is COC(=O)[C@@H]1C[C@H](OS(=O)(=O)c2ccc(C)cc2)CN1C(C)=O. The first-order chi connectivity index (χ1) is 10.7. The van der Waals surface area contributed by atoms with E-state index in [0.717, 1.165) is 5.56 Å². The maximum Gasteiger partial charge on any atom is 0.328 e. The number of amides is 1. The van der Waals surface area contributed by atoms with Crippen LogP contribution in [0.1, 0.15) is 18.9 Å². The predicted octanol–water partition coefficient (Wildman–Crippen LogP) is 0.863. The van der Waals surface area contributed by atoms with Crippen molar-refractivity contribution in [3.63, 3.8) is 0 Å². The fourth-order valence-corrected chi connectivity index (χ4v) is 3.59. The van der Waals surface area contributed by atoms with E-state index in [0.29, 0.717) is 0 Å². The van der Waals surface area contributed by atoms with Crippen molar-refractivity contribution < 1.29 is 26.9 Å². The number of carbonyl (C=O) groups excluding carboxylic acids is 2. The minimum Gasteiger partial charge on any atom is -0.467 e. The van der Waals surface area contributed by atoms with Gasteiger partial charge in [-0.25, -0.2) is 4.79 Å². The van der Waals surface area contributed by atoms with Crippen molar-refractivity contribution in [1.82, 2.24) is 4.90 Å². The molecule has 1 aliphatic heterocycles. The van der Waals surface area contributed by atoms with Gasteiger partial charge in [0.25, 0.3) is 10.1 Å². The Balaban J connectivity index is 2.15. The molecule has 8 heteroatoms. The molecule has 2 atom stereocenters. The van der Waals surface area contributed by atoms with E-state index in [4.69, 9.17) is 4.18 Å². The fraction of sp³-hybridized carbons (Fsp3) is 0.467. The molecule has 1 aliphatic rings. The van der Waals surface area contributed by atoms with Crippen molar-refractivity contribution in [2.45, 2.75) is 37.3 Å². The molecule has 0 aliphatic carbocycles. The first-order valence-electron chi connectivity index (χ1n) is 7.09. The number of hydrogen-bond acceptors (Lipinski definition) is 6. The summed E-state index contributed by atoms with van der Waals surface area (Å²) in [6.45, 7) is 3.19. The number of likely N-dealkylation sites (tertiary alicyclic amines) is 1. The van der Waals surface area contributed by atoms with Crippen LogP contribution >= 0.6 is 0 Å². The van der Waals surface area contributed by atoms with Gasteiger partial charge in [0.15, 0.2) is 0 Å². The molecule has 1 amide bonds. The monoisotopic (exact) mass is 341 g/mol. The van der Waals surface area contributed by atoms with E-state index in [2.05, 4.69) is 4.74 Å². The number of rotatable bonds is 4. The van der Waals surface area contributed by atoms with Crippen molar-refractivity contribution in [2.24, 2.45) is 0 Å². The molecule has 1 aromatic rings. The largest absolute Gasteiger partial charge is 0.467 e. The Bertz CT molecular complexity index is 697. The van der Waals surface area contributed by atoms with Crippen LogP contribution in [0.3, 0.4) is 0 Å². The van der Waals surface area contributed by atoms with Crippen molar-refractivity contribution >= 4 is 22.0 Å². The van der Waals surface area contributed by atoms with E-state index in [-0.39, 0.29) is 23.8 Å². The molecule has 0 radical (unpaired) electrons. The van der Waals surface area contributed by atoms with Crippen molar-refractivity contribution in [3.05, 3.63) is 29.8 Å². The average Bonchev–Trinajstić information content (AvgIpc) is 2.90. The Labute approximate surface area is 135 Å². The van der Waals surface area contributed by atoms with Crippen LogP contribution in [0.15, 0.2) is 29.2 Å². The van der Waals surface area contributed by atoms with Crippen molar-refractivity contribution in [3.8, 4) is 0 Å². The van der Waals surface area contributed by atoms with Crippen LogP contribution in [-0.2, 0) is 28.6 Å². The number of nitrogens with zero attached hydrogens (tertiary/aromatic N) is 1. The molecule has 0 aromatic heterocycles. The van der Waals surface area contributed by atoms with Crippen LogP contribution in [-0.4, -0.2) is 51.0 Å². The number of methoxy groups -OCH3 is 1. The van der Waals surface area contributed by atoms with E-state index >= 15 is 0 Å². The molecule has 0 bridgehead atoms. The second kappa shape index (κ2) is 6.67. The molecule has 1 saturated heterocycles. The third kappa shape index (κ3) is 3.89. The molecule has 1 heterocycles. The summed E-state index contributed by atoms with van der Waals surface area (Å²) in [7, 11) is -2.74. The Kier molecular flexibility index (Phi) is 5.06. The molecule has 126 valence electrons. The second-order valence-corrected chi connectivity index (χ2v) is 7.00. The zero-order valence-electron chi connectivity index (χ0n) is 13.2. The predicted molar refractivity (Wildman–Crippen MR) is 81.0 cm³/mol. The van der Waals surface area contributed by atoms with E-state index in [1.54, 1.807) is 12.1 Å². The summed E-state index contributed by atoms with van der Waals surface area (Å²) in [6.07, 6.45) is -0.702. The number of ether oxygens (including phenoxy) is 1. The van der Waals surface area contributed by atoms with E-state index in [9.17, 15) is 18.0 Å². The summed E-state index contributed by atoms with van der Waals surface area (Å²) >= 11 is 0. The fourth-order valence-electron chi connectivity index (χ4n) is 2.51. The van der Waals surface area contributed by atoms with Gasteiger partial charge in [-0.2, -0.15) is 8.42 Å². The molecule has 7 nitrogen and oxygen atoms in total. The first-order valence-corrected chi connectivity index (χ1v) is 8.50. The minimum absolute atomic E-state index is 0.0280. The maximum absolute atomic E-state index is 12.3. The molecular formula is C15H19NO6S. The highest BCUT2D eigenvalue weighted by Gasteiger charge is 2.41. The molecule has 2 rings (SSSR count). The number of aryl methyl sites for hydroxylation is 1. The standard InChI is InChI=1S/C15H19NO6S/c1-10-4-6-13(7-5-10)23(19,20)22-12-8-14(15(18)21-3)16(9-12)11(2)17/h4-7,12,14H,8-9H2,1-3H3/t12-,14-/m0/s1. The average molecular weight is 341 g/mol. The Morgan fingerprint density at radius 1 is 1.22 bits per heavy atom.